The summed E-state index contributed by atoms with van der Waals surface area (Å²) in [5.74, 6) is 0.787. The standard InChI is InChI=1S/C12H15ClS/c13-10-12(6-2-1-3-7-12)9-11-5-4-8-14-11/h1-2,4-5,8H,3,6-7,9-10H2. The van der Waals surface area contributed by atoms with Crippen molar-refractivity contribution in [3.63, 3.8) is 0 Å². The van der Waals surface area contributed by atoms with E-state index in [1.807, 2.05) is 11.3 Å². The molecule has 0 saturated heterocycles. The van der Waals surface area contributed by atoms with Crippen molar-refractivity contribution in [2.75, 3.05) is 5.88 Å². The van der Waals surface area contributed by atoms with Gasteiger partial charge in [-0.1, -0.05) is 18.2 Å². The van der Waals surface area contributed by atoms with Crippen LogP contribution in [0, 0.1) is 5.41 Å². The lowest BCUT2D eigenvalue weighted by Crippen LogP contribution is -2.26. The molecule has 1 heterocycles. The summed E-state index contributed by atoms with van der Waals surface area (Å²) in [6.07, 6.45) is 9.30. The van der Waals surface area contributed by atoms with Crippen LogP contribution in [0.2, 0.25) is 0 Å². The summed E-state index contributed by atoms with van der Waals surface area (Å²) in [5.41, 5.74) is 0.334. The van der Waals surface area contributed by atoms with Gasteiger partial charge in [0.1, 0.15) is 0 Å². The number of allylic oxidation sites excluding steroid dienone is 2. The maximum absolute atomic E-state index is 6.12. The Morgan fingerprint density at radius 2 is 2.36 bits per heavy atom. The van der Waals surface area contributed by atoms with Crippen LogP contribution in [0.5, 0.6) is 0 Å². The Morgan fingerprint density at radius 3 is 2.93 bits per heavy atom. The summed E-state index contributed by atoms with van der Waals surface area (Å²) >= 11 is 7.97. The Morgan fingerprint density at radius 1 is 1.43 bits per heavy atom. The Kier molecular flexibility index (Phi) is 3.30. The van der Waals surface area contributed by atoms with Gasteiger partial charge in [-0.05, 0) is 42.5 Å². The number of halogens is 1. The van der Waals surface area contributed by atoms with Crippen molar-refractivity contribution in [3.05, 3.63) is 34.5 Å². The molecule has 14 heavy (non-hydrogen) atoms. The Bertz CT molecular complexity index is 302. The van der Waals surface area contributed by atoms with Crippen LogP contribution in [0.25, 0.3) is 0 Å². The van der Waals surface area contributed by atoms with E-state index in [9.17, 15) is 0 Å². The molecule has 0 N–H and O–H groups in total. The smallest absolute Gasteiger partial charge is 0.0286 e. The highest BCUT2D eigenvalue weighted by Gasteiger charge is 2.29. The maximum Gasteiger partial charge on any atom is 0.0286 e. The topological polar surface area (TPSA) is 0 Å². The average molecular weight is 227 g/mol. The van der Waals surface area contributed by atoms with Crippen LogP contribution < -0.4 is 0 Å². The van der Waals surface area contributed by atoms with Gasteiger partial charge < -0.3 is 0 Å². The van der Waals surface area contributed by atoms with Crippen molar-refractivity contribution >= 4 is 22.9 Å². The normalized spacial score (nSPS) is 26.6. The average Bonchev–Trinajstić information content (AvgIpc) is 2.72. The van der Waals surface area contributed by atoms with Crippen molar-refractivity contribution in [3.8, 4) is 0 Å². The third kappa shape index (κ3) is 2.21. The molecule has 2 heteroatoms. The molecule has 1 atom stereocenters. The molecule has 0 amide bonds. The lowest BCUT2D eigenvalue weighted by molar-refractivity contribution is 0.298. The number of alkyl halides is 1. The minimum atomic E-state index is 0.334. The summed E-state index contributed by atoms with van der Waals surface area (Å²) < 4.78 is 0. The second-order valence-electron chi connectivity index (χ2n) is 4.10. The maximum atomic E-state index is 6.12. The molecule has 1 unspecified atom stereocenters. The van der Waals surface area contributed by atoms with Crippen molar-refractivity contribution < 1.29 is 0 Å². The van der Waals surface area contributed by atoms with Gasteiger partial charge in [0, 0.05) is 10.8 Å². The molecule has 0 saturated carbocycles. The third-order valence-electron chi connectivity index (χ3n) is 2.97. The van der Waals surface area contributed by atoms with Gasteiger partial charge in [-0.25, -0.2) is 0 Å². The molecule has 2 rings (SSSR count). The van der Waals surface area contributed by atoms with Crippen LogP contribution in [0.1, 0.15) is 24.1 Å². The molecule has 0 aliphatic heterocycles. The number of thiophene rings is 1. The number of hydrogen-bond acceptors (Lipinski definition) is 1. The van der Waals surface area contributed by atoms with E-state index in [1.165, 1.54) is 17.7 Å². The fourth-order valence-electron chi connectivity index (χ4n) is 2.05. The zero-order valence-corrected chi connectivity index (χ0v) is 9.78. The first-order chi connectivity index (χ1) is 6.85. The van der Waals surface area contributed by atoms with Crippen LogP contribution >= 0.6 is 22.9 Å². The first kappa shape index (κ1) is 10.3. The summed E-state index contributed by atoms with van der Waals surface area (Å²) in [7, 11) is 0. The molecule has 0 aromatic carbocycles. The molecule has 1 aliphatic carbocycles. The minimum absolute atomic E-state index is 0.334. The van der Waals surface area contributed by atoms with Gasteiger partial charge in [0.2, 0.25) is 0 Å². The van der Waals surface area contributed by atoms with E-state index >= 15 is 0 Å². The molecule has 76 valence electrons. The van der Waals surface area contributed by atoms with E-state index in [-0.39, 0.29) is 0 Å². The van der Waals surface area contributed by atoms with Gasteiger partial charge >= 0.3 is 0 Å². The van der Waals surface area contributed by atoms with Gasteiger partial charge in [0.25, 0.3) is 0 Å². The van der Waals surface area contributed by atoms with Crippen LogP contribution in [0.15, 0.2) is 29.7 Å². The van der Waals surface area contributed by atoms with E-state index < -0.39 is 0 Å². The Labute approximate surface area is 94.6 Å². The highest BCUT2D eigenvalue weighted by Crippen LogP contribution is 2.38. The number of rotatable bonds is 3. The van der Waals surface area contributed by atoms with Crippen LogP contribution in [-0.2, 0) is 6.42 Å². The van der Waals surface area contributed by atoms with Gasteiger partial charge in [0.15, 0.2) is 0 Å². The van der Waals surface area contributed by atoms with Crippen molar-refractivity contribution in [2.45, 2.75) is 25.7 Å². The predicted molar refractivity (Wildman–Crippen MR) is 64.2 cm³/mol. The molecular weight excluding hydrogens is 212 g/mol. The van der Waals surface area contributed by atoms with Crippen LogP contribution in [0.4, 0.5) is 0 Å². The first-order valence-corrected chi connectivity index (χ1v) is 6.49. The zero-order valence-electron chi connectivity index (χ0n) is 8.21. The van der Waals surface area contributed by atoms with Gasteiger partial charge in [-0.15, -0.1) is 22.9 Å². The summed E-state index contributed by atoms with van der Waals surface area (Å²) in [6, 6.07) is 4.35. The van der Waals surface area contributed by atoms with Crippen LogP contribution in [-0.4, -0.2) is 5.88 Å². The van der Waals surface area contributed by atoms with E-state index in [0.717, 1.165) is 18.7 Å². The third-order valence-corrected chi connectivity index (χ3v) is 4.42. The van der Waals surface area contributed by atoms with Gasteiger partial charge in [0.05, 0.1) is 0 Å². The second kappa shape index (κ2) is 4.50. The zero-order chi connectivity index (χ0) is 9.86. The monoisotopic (exact) mass is 226 g/mol. The Balaban J connectivity index is 2.09. The summed E-state index contributed by atoms with van der Waals surface area (Å²) in [5, 5.41) is 2.15. The largest absolute Gasteiger partial charge is 0.149 e. The van der Waals surface area contributed by atoms with E-state index in [1.54, 1.807) is 0 Å². The molecule has 0 fully saturated rings. The van der Waals surface area contributed by atoms with Gasteiger partial charge in [-0.2, -0.15) is 0 Å². The highest BCUT2D eigenvalue weighted by molar-refractivity contribution is 7.09. The second-order valence-corrected chi connectivity index (χ2v) is 5.40. The SMILES string of the molecule is ClCC1(Cc2cccs2)CC=CCC1. The molecule has 1 aromatic rings. The van der Waals surface area contributed by atoms with Crippen LogP contribution in [0.3, 0.4) is 0 Å². The number of hydrogen-bond donors (Lipinski definition) is 0. The van der Waals surface area contributed by atoms with E-state index in [2.05, 4.69) is 29.7 Å². The quantitative estimate of drug-likeness (QED) is 0.534. The Hall–Kier alpha value is -0.270. The van der Waals surface area contributed by atoms with Crippen molar-refractivity contribution in [1.82, 2.24) is 0 Å². The van der Waals surface area contributed by atoms with Gasteiger partial charge in [-0.3, -0.25) is 0 Å². The highest BCUT2D eigenvalue weighted by atomic mass is 35.5. The fraction of sp³-hybridized carbons (Fsp3) is 0.500. The van der Waals surface area contributed by atoms with E-state index in [4.69, 9.17) is 11.6 Å². The van der Waals surface area contributed by atoms with Crippen molar-refractivity contribution in [2.24, 2.45) is 5.41 Å². The molecule has 1 aliphatic rings. The van der Waals surface area contributed by atoms with E-state index in [0.29, 0.717) is 5.41 Å². The molecule has 0 nitrogen and oxygen atoms in total. The summed E-state index contributed by atoms with van der Waals surface area (Å²) in [6.45, 7) is 0. The molecule has 0 radical (unpaired) electrons. The van der Waals surface area contributed by atoms with Crippen molar-refractivity contribution in [1.29, 1.82) is 0 Å². The molecule has 1 aromatic heterocycles. The lowest BCUT2D eigenvalue weighted by atomic mass is 9.76. The lowest BCUT2D eigenvalue weighted by Gasteiger charge is -2.32. The molecule has 0 bridgehead atoms. The summed E-state index contributed by atoms with van der Waals surface area (Å²) in [4.78, 5) is 1.47. The molecule has 0 spiro atoms. The fourth-order valence-corrected chi connectivity index (χ4v) is 3.27. The predicted octanol–water partition coefficient (Wildman–Crippen LogP) is 4.26. The molecular formula is C12H15ClS. The first-order valence-electron chi connectivity index (χ1n) is 5.08. The minimum Gasteiger partial charge on any atom is -0.149 e.